The zero-order valence-electron chi connectivity index (χ0n) is 9.76. The van der Waals surface area contributed by atoms with Crippen LogP contribution in [0.5, 0.6) is 0 Å². The molecule has 17 heavy (non-hydrogen) atoms. The Morgan fingerprint density at radius 1 is 1.53 bits per heavy atom. The van der Waals surface area contributed by atoms with Crippen molar-refractivity contribution in [3.63, 3.8) is 0 Å². The van der Waals surface area contributed by atoms with E-state index >= 15 is 0 Å². The third-order valence-electron chi connectivity index (χ3n) is 3.60. The first kappa shape index (κ1) is 11.2. The normalized spacial score (nSPS) is 24.6. The molecule has 0 saturated carbocycles. The number of H-pyrrole nitrogens is 1. The molecule has 0 aliphatic carbocycles. The van der Waals surface area contributed by atoms with E-state index in [1.54, 1.807) is 6.20 Å². The predicted molar refractivity (Wildman–Crippen MR) is 70.8 cm³/mol. The fourth-order valence-corrected chi connectivity index (χ4v) is 2.91. The third-order valence-corrected chi connectivity index (χ3v) is 4.04. The highest BCUT2D eigenvalue weighted by Gasteiger charge is 2.36. The van der Waals surface area contributed by atoms with Gasteiger partial charge < -0.3 is 10.3 Å². The zero-order chi connectivity index (χ0) is 11.9. The number of nitrogens with zero attached hydrogens (tertiary/aromatic N) is 2. The van der Waals surface area contributed by atoms with Crippen molar-refractivity contribution in [2.75, 3.05) is 6.54 Å². The van der Waals surface area contributed by atoms with Crippen molar-refractivity contribution in [1.29, 1.82) is 0 Å². The standard InChI is InChI=1S/C12H15BrN4/c1-2-12(4-3-5-15-12)11-16-9-6-8(13)7-14-10(9)17-11/h6-7,15H,2-5H2,1H3,(H,14,16,17). The minimum atomic E-state index is 0.0210. The van der Waals surface area contributed by atoms with Crippen LogP contribution in [0.25, 0.3) is 11.2 Å². The van der Waals surface area contributed by atoms with E-state index in [-0.39, 0.29) is 5.54 Å². The van der Waals surface area contributed by atoms with Gasteiger partial charge in [-0.3, -0.25) is 0 Å². The SMILES string of the molecule is CCC1(c2nc3ncc(Br)cc3[nH]2)CCCN1. The Bertz CT molecular complexity index is 542. The number of fused-ring (bicyclic) bond motifs is 1. The fraction of sp³-hybridized carbons (Fsp3) is 0.500. The minimum Gasteiger partial charge on any atom is -0.339 e. The lowest BCUT2D eigenvalue weighted by Gasteiger charge is -2.25. The van der Waals surface area contributed by atoms with Crippen molar-refractivity contribution in [2.24, 2.45) is 0 Å². The number of rotatable bonds is 2. The van der Waals surface area contributed by atoms with Crippen LogP contribution in [0.1, 0.15) is 32.0 Å². The van der Waals surface area contributed by atoms with Crippen LogP contribution in [0, 0.1) is 0 Å². The van der Waals surface area contributed by atoms with Gasteiger partial charge in [-0.25, -0.2) is 9.97 Å². The molecular formula is C12H15BrN4. The van der Waals surface area contributed by atoms with E-state index in [9.17, 15) is 0 Å². The summed E-state index contributed by atoms with van der Waals surface area (Å²) in [5.74, 6) is 1.03. The summed E-state index contributed by atoms with van der Waals surface area (Å²) in [6.07, 6.45) is 5.19. The number of aromatic amines is 1. The first-order valence-electron chi connectivity index (χ1n) is 6.00. The molecular weight excluding hydrogens is 280 g/mol. The Hall–Kier alpha value is -0.940. The molecule has 2 aromatic heterocycles. The number of aromatic nitrogens is 3. The monoisotopic (exact) mass is 294 g/mol. The van der Waals surface area contributed by atoms with Gasteiger partial charge in [0, 0.05) is 10.7 Å². The topological polar surface area (TPSA) is 53.6 Å². The molecule has 90 valence electrons. The summed E-state index contributed by atoms with van der Waals surface area (Å²) in [6, 6.07) is 2.02. The van der Waals surface area contributed by atoms with E-state index in [1.165, 1.54) is 6.42 Å². The van der Waals surface area contributed by atoms with Crippen molar-refractivity contribution in [3.8, 4) is 0 Å². The van der Waals surface area contributed by atoms with Gasteiger partial charge in [0.1, 0.15) is 5.82 Å². The van der Waals surface area contributed by atoms with E-state index in [2.05, 4.69) is 43.1 Å². The maximum absolute atomic E-state index is 4.63. The second kappa shape index (κ2) is 4.07. The molecule has 5 heteroatoms. The summed E-state index contributed by atoms with van der Waals surface area (Å²) in [5, 5.41) is 3.58. The van der Waals surface area contributed by atoms with Crippen molar-refractivity contribution < 1.29 is 0 Å². The van der Waals surface area contributed by atoms with E-state index in [0.717, 1.165) is 40.8 Å². The highest BCUT2D eigenvalue weighted by Crippen LogP contribution is 2.33. The smallest absolute Gasteiger partial charge is 0.177 e. The molecule has 0 radical (unpaired) electrons. The summed E-state index contributed by atoms with van der Waals surface area (Å²) >= 11 is 3.43. The quantitative estimate of drug-likeness (QED) is 0.895. The van der Waals surface area contributed by atoms with Crippen molar-refractivity contribution in [2.45, 2.75) is 31.7 Å². The molecule has 1 saturated heterocycles. The van der Waals surface area contributed by atoms with Crippen LogP contribution in [0.3, 0.4) is 0 Å². The van der Waals surface area contributed by atoms with E-state index in [4.69, 9.17) is 0 Å². The molecule has 0 aromatic carbocycles. The number of hydrogen-bond acceptors (Lipinski definition) is 3. The van der Waals surface area contributed by atoms with Crippen LogP contribution in [-0.4, -0.2) is 21.5 Å². The van der Waals surface area contributed by atoms with Crippen molar-refractivity contribution >= 4 is 27.1 Å². The maximum Gasteiger partial charge on any atom is 0.177 e. The number of halogens is 1. The van der Waals surface area contributed by atoms with Crippen LogP contribution >= 0.6 is 15.9 Å². The summed E-state index contributed by atoms with van der Waals surface area (Å²) in [5.41, 5.74) is 1.81. The maximum atomic E-state index is 4.63. The molecule has 3 heterocycles. The summed E-state index contributed by atoms with van der Waals surface area (Å²) in [4.78, 5) is 12.4. The fourth-order valence-electron chi connectivity index (χ4n) is 2.58. The van der Waals surface area contributed by atoms with E-state index < -0.39 is 0 Å². The average molecular weight is 295 g/mol. The summed E-state index contributed by atoms with van der Waals surface area (Å²) < 4.78 is 0.977. The number of imidazole rings is 1. The Morgan fingerprint density at radius 3 is 3.12 bits per heavy atom. The summed E-state index contributed by atoms with van der Waals surface area (Å²) in [6.45, 7) is 3.27. The summed E-state index contributed by atoms with van der Waals surface area (Å²) in [7, 11) is 0. The lowest BCUT2D eigenvalue weighted by atomic mass is 9.93. The van der Waals surface area contributed by atoms with Gasteiger partial charge >= 0.3 is 0 Å². The Morgan fingerprint density at radius 2 is 2.41 bits per heavy atom. The van der Waals surface area contributed by atoms with Gasteiger partial charge in [-0.15, -0.1) is 0 Å². The Labute approximate surface area is 108 Å². The molecule has 0 spiro atoms. The van der Waals surface area contributed by atoms with Crippen LogP contribution in [0.15, 0.2) is 16.7 Å². The largest absolute Gasteiger partial charge is 0.339 e. The molecule has 4 nitrogen and oxygen atoms in total. The van der Waals surface area contributed by atoms with Crippen LogP contribution in [0.4, 0.5) is 0 Å². The molecule has 1 fully saturated rings. The molecule has 3 rings (SSSR count). The van der Waals surface area contributed by atoms with E-state index in [1.807, 2.05) is 6.07 Å². The van der Waals surface area contributed by atoms with Gasteiger partial charge in [-0.1, -0.05) is 6.92 Å². The van der Waals surface area contributed by atoms with Crippen molar-refractivity contribution in [1.82, 2.24) is 20.3 Å². The van der Waals surface area contributed by atoms with Gasteiger partial charge in [0.2, 0.25) is 0 Å². The zero-order valence-corrected chi connectivity index (χ0v) is 11.3. The van der Waals surface area contributed by atoms with Crippen LogP contribution < -0.4 is 5.32 Å². The van der Waals surface area contributed by atoms with Crippen LogP contribution in [0.2, 0.25) is 0 Å². The average Bonchev–Trinajstić information content (AvgIpc) is 2.94. The first-order chi connectivity index (χ1) is 8.23. The molecule has 1 atom stereocenters. The highest BCUT2D eigenvalue weighted by molar-refractivity contribution is 9.10. The highest BCUT2D eigenvalue weighted by atomic mass is 79.9. The van der Waals surface area contributed by atoms with Gasteiger partial charge in [0.25, 0.3) is 0 Å². The molecule has 1 aliphatic rings. The third kappa shape index (κ3) is 1.77. The predicted octanol–water partition coefficient (Wildman–Crippen LogP) is 2.71. The van der Waals surface area contributed by atoms with Crippen LogP contribution in [-0.2, 0) is 5.54 Å². The number of nitrogens with one attached hydrogen (secondary N) is 2. The lowest BCUT2D eigenvalue weighted by molar-refractivity contribution is 0.356. The van der Waals surface area contributed by atoms with Gasteiger partial charge in [-0.2, -0.15) is 0 Å². The molecule has 1 aliphatic heterocycles. The molecule has 2 N–H and O–H groups in total. The molecule has 2 aromatic rings. The first-order valence-corrected chi connectivity index (χ1v) is 6.79. The molecule has 0 amide bonds. The van der Waals surface area contributed by atoms with E-state index in [0.29, 0.717) is 0 Å². The second-order valence-corrected chi connectivity index (χ2v) is 5.49. The number of pyridine rings is 1. The Balaban J connectivity index is 2.11. The van der Waals surface area contributed by atoms with Crippen molar-refractivity contribution in [3.05, 3.63) is 22.6 Å². The lowest BCUT2D eigenvalue weighted by Crippen LogP contribution is -2.37. The number of hydrogen-bond donors (Lipinski definition) is 2. The molecule has 1 unspecified atom stereocenters. The minimum absolute atomic E-state index is 0.0210. The Kier molecular flexibility index (Phi) is 2.67. The second-order valence-electron chi connectivity index (χ2n) is 4.58. The van der Waals surface area contributed by atoms with Gasteiger partial charge in [0.15, 0.2) is 5.65 Å². The van der Waals surface area contributed by atoms with Gasteiger partial charge in [-0.05, 0) is 47.8 Å². The van der Waals surface area contributed by atoms with Gasteiger partial charge in [0.05, 0.1) is 11.1 Å². The molecule has 0 bridgehead atoms.